The third kappa shape index (κ3) is 3.76. The van der Waals surface area contributed by atoms with Crippen LogP contribution in [0.3, 0.4) is 0 Å². The molecule has 0 saturated carbocycles. The summed E-state index contributed by atoms with van der Waals surface area (Å²) in [7, 11) is 0. The van der Waals surface area contributed by atoms with Gasteiger partial charge in [-0.1, -0.05) is 13.2 Å². The molecule has 6 heteroatoms. The molecule has 0 spiro atoms. The monoisotopic (exact) mass is 254 g/mol. The molecule has 0 aromatic carbocycles. The Balaban J connectivity index is 2.62. The molecule has 6 nitrogen and oxygen atoms in total. The number of morpholine rings is 1. The van der Waals surface area contributed by atoms with Crippen LogP contribution in [0.25, 0.3) is 0 Å². The quantitative estimate of drug-likeness (QED) is 0.620. The zero-order valence-corrected chi connectivity index (χ0v) is 10.2. The van der Waals surface area contributed by atoms with Gasteiger partial charge in [-0.15, -0.1) is 0 Å². The molecule has 1 amide bonds. The van der Waals surface area contributed by atoms with Crippen LogP contribution in [-0.4, -0.2) is 54.2 Å². The second kappa shape index (κ2) is 7.05. The van der Waals surface area contributed by atoms with Crippen molar-refractivity contribution in [2.24, 2.45) is 0 Å². The number of hydrogen-bond acceptors (Lipinski definition) is 5. The summed E-state index contributed by atoms with van der Waals surface area (Å²) < 4.78 is 5.20. The highest BCUT2D eigenvalue weighted by molar-refractivity contribution is 5.95. The summed E-state index contributed by atoms with van der Waals surface area (Å²) in [6.07, 6.45) is 1.41. The molecule has 1 unspecified atom stereocenters. The summed E-state index contributed by atoms with van der Waals surface area (Å²) in [5.41, 5.74) is 2.88. The number of rotatable bonds is 6. The van der Waals surface area contributed by atoms with E-state index < -0.39 is 11.9 Å². The number of ether oxygens (including phenoxy) is 1. The second-order valence-corrected chi connectivity index (χ2v) is 3.91. The summed E-state index contributed by atoms with van der Waals surface area (Å²) >= 11 is 0. The molecule has 1 rings (SSSR count). The van der Waals surface area contributed by atoms with Gasteiger partial charge in [0, 0.05) is 25.1 Å². The Bertz CT molecular complexity index is 354. The standard InChI is InChI=1S/C12H18N2O4/c1-3-11(16)10-8-18-7-5-14(10)13-12(17)9(2)4-6-15/h3,10,15H,1-2,4-8H2,(H,13,17). The third-order valence-corrected chi connectivity index (χ3v) is 2.64. The molecule has 0 aliphatic carbocycles. The van der Waals surface area contributed by atoms with Crippen LogP contribution < -0.4 is 5.43 Å². The molecule has 0 radical (unpaired) electrons. The van der Waals surface area contributed by atoms with E-state index in [4.69, 9.17) is 9.84 Å². The molecule has 1 aliphatic rings. The first-order chi connectivity index (χ1) is 8.60. The Hall–Kier alpha value is -1.50. The van der Waals surface area contributed by atoms with Gasteiger partial charge < -0.3 is 9.84 Å². The minimum absolute atomic E-state index is 0.135. The van der Waals surface area contributed by atoms with Crippen LogP contribution in [0, 0.1) is 0 Å². The molecule has 1 saturated heterocycles. The maximum atomic E-state index is 11.7. The summed E-state index contributed by atoms with van der Waals surface area (Å²) in [5, 5.41) is 10.3. The summed E-state index contributed by atoms with van der Waals surface area (Å²) in [5.74, 6) is -0.601. The van der Waals surface area contributed by atoms with Gasteiger partial charge in [0.25, 0.3) is 5.91 Å². The molecule has 0 aromatic rings. The number of nitrogens with one attached hydrogen (secondary N) is 1. The van der Waals surface area contributed by atoms with Gasteiger partial charge in [0.05, 0.1) is 13.2 Å². The van der Waals surface area contributed by atoms with Gasteiger partial charge in [-0.2, -0.15) is 0 Å². The molecule has 18 heavy (non-hydrogen) atoms. The molecule has 1 fully saturated rings. The van der Waals surface area contributed by atoms with Gasteiger partial charge in [-0.05, 0) is 6.08 Å². The zero-order valence-electron chi connectivity index (χ0n) is 10.2. The molecule has 2 N–H and O–H groups in total. The van der Waals surface area contributed by atoms with E-state index in [0.29, 0.717) is 13.2 Å². The first-order valence-corrected chi connectivity index (χ1v) is 5.70. The lowest BCUT2D eigenvalue weighted by Crippen LogP contribution is -2.57. The van der Waals surface area contributed by atoms with Gasteiger partial charge >= 0.3 is 0 Å². The lowest BCUT2D eigenvalue weighted by molar-refractivity contribution is -0.135. The average molecular weight is 254 g/mol. The number of carbonyl (C=O) groups excluding carboxylic acids is 2. The van der Waals surface area contributed by atoms with E-state index in [0.717, 1.165) is 0 Å². The van der Waals surface area contributed by atoms with Gasteiger partial charge in [-0.25, -0.2) is 5.01 Å². The van der Waals surface area contributed by atoms with Crippen LogP contribution in [0.2, 0.25) is 0 Å². The van der Waals surface area contributed by atoms with Crippen molar-refractivity contribution in [2.45, 2.75) is 12.5 Å². The average Bonchev–Trinajstić information content (AvgIpc) is 2.38. The Labute approximate surface area is 106 Å². The predicted molar refractivity (Wildman–Crippen MR) is 65.5 cm³/mol. The van der Waals surface area contributed by atoms with Crippen molar-refractivity contribution in [3.05, 3.63) is 24.8 Å². The minimum atomic E-state index is -0.554. The minimum Gasteiger partial charge on any atom is -0.396 e. The Kier molecular flexibility index (Phi) is 5.70. The van der Waals surface area contributed by atoms with E-state index in [2.05, 4.69) is 18.6 Å². The molecule has 0 bridgehead atoms. The van der Waals surface area contributed by atoms with Crippen molar-refractivity contribution in [2.75, 3.05) is 26.4 Å². The van der Waals surface area contributed by atoms with Crippen molar-refractivity contribution in [3.8, 4) is 0 Å². The highest BCUT2D eigenvalue weighted by atomic mass is 16.5. The van der Waals surface area contributed by atoms with Crippen LogP contribution in [0.5, 0.6) is 0 Å². The number of hydrazine groups is 1. The number of carbonyl (C=O) groups is 2. The number of aliphatic hydroxyl groups excluding tert-OH is 1. The van der Waals surface area contributed by atoms with E-state index in [1.807, 2.05) is 0 Å². The van der Waals surface area contributed by atoms with Crippen LogP contribution in [0.1, 0.15) is 6.42 Å². The highest BCUT2D eigenvalue weighted by Gasteiger charge is 2.29. The highest BCUT2D eigenvalue weighted by Crippen LogP contribution is 2.07. The summed E-state index contributed by atoms with van der Waals surface area (Å²) in [6, 6.07) is -0.554. The topological polar surface area (TPSA) is 78.9 Å². The van der Waals surface area contributed by atoms with Crippen molar-refractivity contribution in [1.82, 2.24) is 10.4 Å². The molecular formula is C12H18N2O4. The molecule has 100 valence electrons. The van der Waals surface area contributed by atoms with Crippen LogP contribution in [-0.2, 0) is 14.3 Å². The fourth-order valence-electron chi connectivity index (χ4n) is 1.57. The lowest BCUT2D eigenvalue weighted by atomic mass is 10.1. The van der Waals surface area contributed by atoms with Gasteiger partial charge in [-0.3, -0.25) is 15.0 Å². The van der Waals surface area contributed by atoms with Crippen molar-refractivity contribution < 1.29 is 19.4 Å². The maximum Gasteiger partial charge on any atom is 0.261 e. The van der Waals surface area contributed by atoms with Crippen LogP contribution in [0.4, 0.5) is 0 Å². The molecule has 1 heterocycles. The van der Waals surface area contributed by atoms with E-state index >= 15 is 0 Å². The Morgan fingerprint density at radius 2 is 2.28 bits per heavy atom. The first kappa shape index (κ1) is 14.6. The first-order valence-electron chi connectivity index (χ1n) is 5.70. The Morgan fingerprint density at radius 1 is 1.56 bits per heavy atom. The number of amides is 1. The molecule has 1 aliphatic heterocycles. The van der Waals surface area contributed by atoms with E-state index in [-0.39, 0.29) is 31.0 Å². The number of hydrogen-bond donors (Lipinski definition) is 2. The third-order valence-electron chi connectivity index (χ3n) is 2.64. The van der Waals surface area contributed by atoms with Crippen LogP contribution >= 0.6 is 0 Å². The fourth-order valence-corrected chi connectivity index (χ4v) is 1.57. The van der Waals surface area contributed by atoms with E-state index in [1.54, 1.807) is 0 Å². The molecular weight excluding hydrogens is 236 g/mol. The second-order valence-electron chi connectivity index (χ2n) is 3.91. The fraction of sp³-hybridized carbons (Fsp3) is 0.500. The smallest absolute Gasteiger partial charge is 0.261 e. The normalized spacial score (nSPS) is 20.2. The number of nitrogens with zero attached hydrogens (tertiary/aromatic N) is 1. The van der Waals surface area contributed by atoms with E-state index in [9.17, 15) is 9.59 Å². The van der Waals surface area contributed by atoms with Crippen molar-refractivity contribution in [1.29, 1.82) is 0 Å². The molecule has 1 atom stereocenters. The molecule has 0 aromatic heterocycles. The maximum absolute atomic E-state index is 11.7. The number of aliphatic hydroxyl groups is 1. The van der Waals surface area contributed by atoms with Crippen molar-refractivity contribution in [3.63, 3.8) is 0 Å². The Morgan fingerprint density at radius 3 is 2.89 bits per heavy atom. The predicted octanol–water partition coefficient (Wildman–Crippen LogP) is -0.588. The number of ketones is 1. The van der Waals surface area contributed by atoms with Crippen molar-refractivity contribution >= 4 is 11.7 Å². The summed E-state index contributed by atoms with van der Waals surface area (Å²) in [6.45, 7) is 7.93. The van der Waals surface area contributed by atoms with Gasteiger partial charge in [0.1, 0.15) is 6.04 Å². The van der Waals surface area contributed by atoms with Gasteiger partial charge in [0.2, 0.25) is 0 Å². The van der Waals surface area contributed by atoms with Crippen LogP contribution in [0.15, 0.2) is 24.8 Å². The summed E-state index contributed by atoms with van der Waals surface area (Å²) in [4.78, 5) is 23.3. The zero-order chi connectivity index (χ0) is 13.5. The van der Waals surface area contributed by atoms with E-state index in [1.165, 1.54) is 11.1 Å². The SMILES string of the molecule is C=CC(=O)C1COCCN1NC(=O)C(=C)CCO. The van der Waals surface area contributed by atoms with Gasteiger partial charge in [0.15, 0.2) is 5.78 Å². The lowest BCUT2D eigenvalue weighted by Gasteiger charge is -2.34. The largest absolute Gasteiger partial charge is 0.396 e.